The number of rotatable bonds is 6. The summed E-state index contributed by atoms with van der Waals surface area (Å²) in [7, 11) is 0. The molecule has 22 heavy (non-hydrogen) atoms. The lowest BCUT2D eigenvalue weighted by Crippen LogP contribution is -2.17. The SMILES string of the molecule is NC(=O)c1ccccc1OCCC(=O)Nc1ccc(N)cc1. The van der Waals surface area contributed by atoms with Crippen LogP contribution in [0.25, 0.3) is 0 Å². The Hall–Kier alpha value is -3.02. The molecule has 0 unspecified atom stereocenters. The number of nitrogen functional groups attached to an aromatic ring is 1. The smallest absolute Gasteiger partial charge is 0.252 e. The molecule has 0 saturated carbocycles. The Morgan fingerprint density at radius 3 is 2.41 bits per heavy atom. The second kappa shape index (κ2) is 7.12. The first-order valence-corrected chi connectivity index (χ1v) is 6.73. The van der Waals surface area contributed by atoms with Gasteiger partial charge in [0.2, 0.25) is 5.91 Å². The number of benzene rings is 2. The van der Waals surface area contributed by atoms with Gasteiger partial charge < -0.3 is 21.5 Å². The molecular weight excluding hydrogens is 282 g/mol. The van der Waals surface area contributed by atoms with E-state index < -0.39 is 5.91 Å². The number of anilines is 2. The van der Waals surface area contributed by atoms with Crippen LogP contribution < -0.4 is 21.5 Å². The lowest BCUT2D eigenvalue weighted by Gasteiger charge is -2.09. The Balaban J connectivity index is 1.85. The van der Waals surface area contributed by atoms with Gasteiger partial charge in [-0.15, -0.1) is 0 Å². The number of carbonyl (C=O) groups excluding carboxylic acids is 2. The van der Waals surface area contributed by atoms with Crippen LogP contribution in [0, 0.1) is 0 Å². The fourth-order valence-corrected chi connectivity index (χ4v) is 1.84. The highest BCUT2D eigenvalue weighted by molar-refractivity contribution is 5.95. The Morgan fingerprint density at radius 2 is 1.73 bits per heavy atom. The molecule has 5 N–H and O–H groups in total. The predicted molar refractivity (Wildman–Crippen MR) is 84.6 cm³/mol. The van der Waals surface area contributed by atoms with E-state index in [9.17, 15) is 9.59 Å². The van der Waals surface area contributed by atoms with Crippen molar-refractivity contribution in [1.29, 1.82) is 0 Å². The lowest BCUT2D eigenvalue weighted by molar-refractivity contribution is -0.116. The fourth-order valence-electron chi connectivity index (χ4n) is 1.84. The molecule has 2 aromatic rings. The molecule has 2 amide bonds. The van der Waals surface area contributed by atoms with Crippen molar-refractivity contribution in [2.24, 2.45) is 5.73 Å². The van der Waals surface area contributed by atoms with Crippen molar-refractivity contribution in [1.82, 2.24) is 0 Å². The number of primary amides is 1. The first kappa shape index (κ1) is 15.4. The zero-order chi connectivity index (χ0) is 15.9. The molecule has 0 aliphatic heterocycles. The summed E-state index contributed by atoms with van der Waals surface area (Å²) in [5.74, 6) is -0.390. The van der Waals surface area contributed by atoms with Crippen molar-refractivity contribution in [2.45, 2.75) is 6.42 Å². The summed E-state index contributed by atoms with van der Waals surface area (Å²) in [6, 6.07) is 13.5. The zero-order valence-corrected chi connectivity index (χ0v) is 11.9. The van der Waals surface area contributed by atoms with Crippen molar-refractivity contribution in [3.8, 4) is 5.75 Å². The number of para-hydroxylation sites is 1. The van der Waals surface area contributed by atoms with E-state index in [0.29, 0.717) is 22.7 Å². The van der Waals surface area contributed by atoms with E-state index in [0.717, 1.165) is 0 Å². The van der Waals surface area contributed by atoms with Crippen LogP contribution in [-0.4, -0.2) is 18.4 Å². The topological polar surface area (TPSA) is 107 Å². The van der Waals surface area contributed by atoms with Gasteiger partial charge in [-0.25, -0.2) is 0 Å². The molecule has 0 aromatic heterocycles. The first-order valence-electron chi connectivity index (χ1n) is 6.73. The van der Waals surface area contributed by atoms with Gasteiger partial charge in [0, 0.05) is 11.4 Å². The molecule has 0 spiro atoms. The molecule has 0 bridgehead atoms. The van der Waals surface area contributed by atoms with E-state index in [1.165, 1.54) is 0 Å². The summed E-state index contributed by atoms with van der Waals surface area (Å²) in [5, 5.41) is 2.73. The Morgan fingerprint density at radius 1 is 1.05 bits per heavy atom. The number of hydrogen-bond acceptors (Lipinski definition) is 4. The van der Waals surface area contributed by atoms with E-state index in [2.05, 4.69) is 5.32 Å². The second-order valence-corrected chi connectivity index (χ2v) is 4.63. The molecular formula is C16H17N3O3. The van der Waals surface area contributed by atoms with E-state index in [-0.39, 0.29) is 18.9 Å². The van der Waals surface area contributed by atoms with Crippen LogP contribution in [0.5, 0.6) is 5.75 Å². The number of carbonyl (C=O) groups is 2. The first-order chi connectivity index (χ1) is 10.6. The molecule has 0 heterocycles. The fraction of sp³-hybridized carbons (Fsp3) is 0.125. The molecule has 0 aliphatic rings. The van der Waals surface area contributed by atoms with Crippen molar-refractivity contribution in [3.63, 3.8) is 0 Å². The van der Waals surface area contributed by atoms with Gasteiger partial charge in [-0.05, 0) is 36.4 Å². The van der Waals surface area contributed by atoms with Gasteiger partial charge in [-0.3, -0.25) is 9.59 Å². The average Bonchev–Trinajstić information content (AvgIpc) is 2.50. The van der Waals surface area contributed by atoms with Gasteiger partial charge in [0.1, 0.15) is 5.75 Å². The number of nitrogens with one attached hydrogen (secondary N) is 1. The van der Waals surface area contributed by atoms with Crippen LogP contribution in [-0.2, 0) is 4.79 Å². The Kier molecular flexibility index (Phi) is 4.98. The summed E-state index contributed by atoms with van der Waals surface area (Å²) in [6.07, 6.45) is 0.150. The molecule has 2 rings (SSSR count). The van der Waals surface area contributed by atoms with E-state index in [4.69, 9.17) is 16.2 Å². The van der Waals surface area contributed by atoms with Gasteiger partial charge >= 0.3 is 0 Å². The van der Waals surface area contributed by atoms with Crippen molar-refractivity contribution in [2.75, 3.05) is 17.7 Å². The van der Waals surface area contributed by atoms with E-state index in [1.807, 2.05) is 0 Å². The van der Waals surface area contributed by atoms with Crippen molar-refractivity contribution >= 4 is 23.2 Å². The maximum atomic E-state index is 11.8. The number of nitrogens with two attached hydrogens (primary N) is 2. The molecule has 114 valence electrons. The highest BCUT2D eigenvalue weighted by Crippen LogP contribution is 2.17. The zero-order valence-electron chi connectivity index (χ0n) is 11.9. The largest absolute Gasteiger partial charge is 0.492 e. The summed E-state index contributed by atoms with van der Waals surface area (Å²) in [4.78, 5) is 23.0. The Bertz CT molecular complexity index is 669. The maximum Gasteiger partial charge on any atom is 0.252 e. The summed E-state index contributed by atoms with van der Waals surface area (Å²) in [6.45, 7) is 0.144. The number of amides is 2. The highest BCUT2D eigenvalue weighted by Gasteiger charge is 2.09. The third-order valence-electron chi connectivity index (χ3n) is 2.93. The third-order valence-corrected chi connectivity index (χ3v) is 2.93. The summed E-state index contributed by atoms with van der Waals surface area (Å²) in [5.41, 5.74) is 12.4. The standard InChI is InChI=1S/C16H17N3O3/c17-11-5-7-12(8-6-11)19-15(20)9-10-22-14-4-2-1-3-13(14)16(18)21/h1-8H,9-10,17H2,(H2,18,21)(H,19,20). The number of ether oxygens (including phenoxy) is 1. The summed E-state index contributed by atoms with van der Waals surface area (Å²) < 4.78 is 5.44. The monoisotopic (exact) mass is 299 g/mol. The van der Waals surface area contributed by atoms with Gasteiger partial charge in [0.05, 0.1) is 18.6 Å². The third kappa shape index (κ3) is 4.24. The van der Waals surface area contributed by atoms with Crippen LogP contribution in [0.2, 0.25) is 0 Å². The Labute approximate surface area is 128 Å². The number of hydrogen-bond donors (Lipinski definition) is 3. The predicted octanol–water partition coefficient (Wildman–Crippen LogP) is 1.78. The lowest BCUT2D eigenvalue weighted by atomic mass is 10.2. The molecule has 6 heteroatoms. The van der Waals surface area contributed by atoms with Crippen LogP contribution in [0.15, 0.2) is 48.5 Å². The van der Waals surface area contributed by atoms with Gasteiger partial charge in [-0.2, -0.15) is 0 Å². The van der Waals surface area contributed by atoms with Crippen molar-refractivity contribution in [3.05, 3.63) is 54.1 Å². The summed E-state index contributed by atoms with van der Waals surface area (Å²) >= 11 is 0. The van der Waals surface area contributed by atoms with E-state index in [1.54, 1.807) is 48.5 Å². The minimum absolute atomic E-state index is 0.144. The minimum atomic E-state index is -0.568. The van der Waals surface area contributed by atoms with Gasteiger partial charge in [0.15, 0.2) is 0 Å². The molecule has 0 aliphatic carbocycles. The molecule has 0 atom stereocenters. The van der Waals surface area contributed by atoms with Gasteiger partial charge in [-0.1, -0.05) is 12.1 Å². The van der Waals surface area contributed by atoms with Crippen LogP contribution in [0.1, 0.15) is 16.8 Å². The van der Waals surface area contributed by atoms with Crippen LogP contribution in [0.4, 0.5) is 11.4 Å². The van der Waals surface area contributed by atoms with Crippen LogP contribution in [0.3, 0.4) is 0 Å². The molecule has 0 radical (unpaired) electrons. The minimum Gasteiger partial charge on any atom is -0.492 e. The molecule has 0 saturated heterocycles. The van der Waals surface area contributed by atoms with E-state index >= 15 is 0 Å². The maximum absolute atomic E-state index is 11.8. The average molecular weight is 299 g/mol. The van der Waals surface area contributed by atoms with Crippen LogP contribution >= 0.6 is 0 Å². The quantitative estimate of drug-likeness (QED) is 0.706. The molecule has 2 aromatic carbocycles. The molecule has 0 fully saturated rings. The second-order valence-electron chi connectivity index (χ2n) is 4.63. The molecule has 6 nitrogen and oxygen atoms in total. The van der Waals surface area contributed by atoms with Gasteiger partial charge in [0.25, 0.3) is 5.91 Å². The highest BCUT2D eigenvalue weighted by atomic mass is 16.5. The van der Waals surface area contributed by atoms with Crippen molar-refractivity contribution < 1.29 is 14.3 Å². The normalized spacial score (nSPS) is 10.0.